The van der Waals surface area contributed by atoms with Gasteiger partial charge in [-0.3, -0.25) is 4.79 Å². The zero-order valence-electron chi connectivity index (χ0n) is 15.9. The maximum absolute atomic E-state index is 12.3. The number of carbonyl (C=O) groups is 1. The molecule has 0 saturated carbocycles. The number of carboxylic acid groups (broad SMARTS) is 1. The summed E-state index contributed by atoms with van der Waals surface area (Å²) < 4.78 is 32.2. The van der Waals surface area contributed by atoms with E-state index in [1.807, 2.05) is 0 Å². The zero-order valence-corrected chi connectivity index (χ0v) is 16.8. The molecule has 1 fully saturated rings. The van der Waals surface area contributed by atoms with Crippen LogP contribution in [0.25, 0.3) is 11.0 Å². The molecule has 1 aliphatic heterocycles. The van der Waals surface area contributed by atoms with Crippen molar-refractivity contribution in [2.24, 2.45) is 5.92 Å². The Morgan fingerprint density at radius 1 is 1.30 bits per heavy atom. The molecule has 7 nitrogen and oxygen atoms in total. The zero-order chi connectivity index (χ0) is 19.8. The number of fused-ring (bicyclic) bond motifs is 1. The topological polar surface area (TPSA) is 98.5 Å². The van der Waals surface area contributed by atoms with Gasteiger partial charge in [0.15, 0.2) is 15.6 Å². The highest BCUT2D eigenvalue weighted by Gasteiger charge is 2.27. The smallest absolute Gasteiger partial charge is 0.319 e. The largest absolute Gasteiger partial charge is 0.480 e. The maximum Gasteiger partial charge on any atom is 0.319 e. The first-order chi connectivity index (χ1) is 12.6. The third-order valence-corrected chi connectivity index (χ3v) is 6.44. The highest BCUT2D eigenvalue weighted by molar-refractivity contribution is 7.92. The lowest BCUT2D eigenvalue weighted by Crippen LogP contribution is -2.25. The van der Waals surface area contributed by atoms with Crippen LogP contribution in [0.3, 0.4) is 0 Å². The van der Waals surface area contributed by atoms with E-state index >= 15 is 0 Å². The Hall–Kier alpha value is -1.93. The quantitative estimate of drug-likeness (QED) is 0.837. The molecule has 1 aliphatic rings. The van der Waals surface area contributed by atoms with Crippen LogP contribution in [0.1, 0.15) is 39.4 Å². The Morgan fingerprint density at radius 2 is 1.96 bits per heavy atom. The molecule has 1 aromatic heterocycles. The van der Waals surface area contributed by atoms with E-state index in [0.717, 1.165) is 43.9 Å². The summed E-state index contributed by atoms with van der Waals surface area (Å²) in [5.74, 6) is -0.895. The van der Waals surface area contributed by atoms with Crippen molar-refractivity contribution in [3.05, 3.63) is 24.0 Å². The van der Waals surface area contributed by atoms with Gasteiger partial charge in [0, 0.05) is 25.2 Å². The van der Waals surface area contributed by atoms with Crippen molar-refractivity contribution in [1.82, 2.24) is 9.55 Å². The van der Waals surface area contributed by atoms with E-state index < -0.39 is 21.6 Å². The number of rotatable bonds is 5. The number of sulfone groups is 1. The van der Waals surface area contributed by atoms with Crippen molar-refractivity contribution in [3.8, 4) is 0 Å². The van der Waals surface area contributed by atoms with E-state index in [1.54, 1.807) is 6.07 Å². The third-order valence-electron chi connectivity index (χ3n) is 4.84. The monoisotopic (exact) mass is 394 g/mol. The van der Waals surface area contributed by atoms with Crippen molar-refractivity contribution >= 4 is 26.8 Å². The first-order valence-electron chi connectivity index (χ1n) is 9.11. The number of aromatic nitrogens is 2. The van der Waals surface area contributed by atoms with Gasteiger partial charge in [-0.15, -0.1) is 0 Å². The number of benzene rings is 1. The summed E-state index contributed by atoms with van der Waals surface area (Å²) in [6.45, 7) is 8.58. The third kappa shape index (κ3) is 4.32. The first kappa shape index (κ1) is 19.8. The van der Waals surface area contributed by atoms with Crippen molar-refractivity contribution in [2.75, 3.05) is 19.0 Å². The maximum atomic E-state index is 12.3. The van der Waals surface area contributed by atoms with Crippen molar-refractivity contribution in [2.45, 2.75) is 50.5 Å². The van der Waals surface area contributed by atoms with Gasteiger partial charge in [-0.05, 0) is 37.0 Å². The van der Waals surface area contributed by atoms with Crippen LogP contribution in [0.5, 0.6) is 0 Å². The lowest BCUT2D eigenvalue weighted by molar-refractivity contribution is -0.134. The first-order valence-corrected chi connectivity index (χ1v) is 10.8. The predicted molar refractivity (Wildman–Crippen MR) is 102 cm³/mol. The number of hydrogen-bond donors (Lipinski definition) is 1. The normalized spacial score (nSPS) is 16.7. The lowest BCUT2D eigenvalue weighted by Gasteiger charge is -2.26. The van der Waals surface area contributed by atoms with Gasteiger partial charge >= 0.3 is 5.97 Å². The molecule has 2 aromatic rings. The van der Waals surface area contributed by atoms with Gasteiger partial charge in [-0.1, -0.05) is 20.8 Å². The number of ether oxygens (including phenoxy) is 1. The van der Waals surface area contributed by atoms with Crippen LogP contribution >= 0.6 is 0 Å². The van der Waals surface area contributed by atoms with Gasteiger partial charge in [0.2, 0.25) is 0 Å². The highest BCUT2D eigenvalue weighted by atomic mass is 32.2. The SMILES string of the molecule is CC(C)(C)c1nc2cc(S(=O)(=O)CC(=O)O)ccc2n1CC1CCOCC1. The summed E-state index contributed by atoms with van der Waals surface area (Å²) in [5, 5.41) is 8.85. The Bertz CT molecular complexity index is 950. The summed E-state index contributed by atoms with van der Waals surface area (Å²) >= 11 is 0. The van der Waals surface area contributed by atoms with Crippen LogP contribution in [-0.4, -0.2) is 48.0 Å². The Kier molecular flexibility index (Phi) is 5.31. The van der Waals surface area contributed by atoms with Crippen LogP contribution < -0.4 is 0 Å². The van der Waals surface area contributed by atoms with Crippen LogP contribution in [0.4, 0.5) is 0 Å². The summed E-state index contributed by atoms with van der Waals surface area (Å²) in [6, 6.07) is 4.71. The number of hydrogen-bond acceptors (Lipinski definition) is 5. The molecule has 0 spiro atoms. The number of imidazole rings is 1. The van der Waals surface area contributed by atoms with Crippen molar-refractivity contribution in [1.29, 1.82) is 0 Å². The van der Waals surface area contributed by atoms with Crippen LogP contribution in [0.15, 0.2) is 23.1 Å². The fourth-order valence-corrected chi connectivity index (χ4v) is 4.55. The molecule has 0 bridgehead atoms. The van der Waals surface area contributed by atoms with Gasteiger partial charge in [-0.25, -0.2) is 13.4 Å². The lowest BCUT2D eigenvalue weighted by atomic mass is 9.94. The molecule has 1 aromatic carbocycles. The van der Waals surface area contributed by atoms with Crippen molar-refractivity contribution in [3.63, 3.8) is 0 Å². The van der Waals surface area contributed by atoms with E-state index in [9.17, 15) is 13.2 Å². The molecule has 1 saturated heterocycles. The minimum absolute atomic E-state index is 0.00595. The molecular formula is C19H26N2O5S. The summed E-state index contributed by atoms with van der Waals surface area (Å²) in [7, 11) is -3.88. The Labute approximate surface area is 159 Å². The van der Waals surface area contributed by atoms with Gasteiger partial charge in [0.25, 0.3) is 0 Å². The average Bonchev–Trinajstić information content (AvgIpc) is 2.93. The number of aliphatic carboxylic acids is 1. The summed E-state index contributed by atoms with van der Waals surface area (Å²) in [6.07, 6.45) is 1.99. The van der Waals surface area contributed by atoms with Crippen LogP contribution in [0.2, 0.25) is 0 Å². The molecule has 148 valence electrons. The molecule has 0 amide bonds. The van der Waals surface area contributed by atoms with E-state index in [4.69, 9.17) is 14.8 Å². The van der Waals surface area contributed by atoms with E-state index in [0.29, 0.717) is 11.4 Å². The van der Waals surface area contributed by atoms with Gasteiger partial charge in [0.05, 0.1) is 15.9 Å². The predicted octanol–water partition coefficient (Wildman–Crippen LogP) is 2.62. The van der Waals surface area contributed by atoms with Gasteiger partial charge in [0.1, 0.15) is 5.82 Å². The van der Waals surface area contributed by atoms with E-state index in [-0.39, 0.29) is 10.3 Å². The molecular weight excluding hydrogens is 368 g/mol. The molecule has 1 N–H and O–H groups in total. The molecule has 27 heavy (non-hydrogen) atoms. The highest BCUT2D eigenvalue weighted by Crippen LogP contribution is 2.30. The second kappa shape index (κ2) is 7.24. The standard InChI is InChI=1S/C19H26N2O5S/c1-19(2,3)18-20-15-10-14(27(24,25)12-17(22)23)4-5-16(15)21(18)11-13-6-8-26-9-7-13/h4-5,10,13H,6-9,11-12H2,1-3H3,(H,22,23). The molecule has 3 rings (SSSR count). The van der Waals surface area contributed by atoms with Crippen LogP contribution in [-0.2, 0) is 31.3 Å². The van der Waals surface area contributed by atoms with E-state index in [2.05, 4.69) is 25.3 Å². The molecule has 0 unspecified atom stereocenters. The molecule has 0 aliphatic carbocycles. The fraction of sp³-hybridized carbons (Fsp3) is 0.579. The number of nitrogens with zero attached hydrogens (tertiary/aromatic N) is 2. The molecule has 0 radical (unpaired) electrons. The minimum Gasteiger partial charge on any atom is -0.480 e. The van der Waals surface area contributed by atoms with Crippen molar-refractivity contribution < 1.29 is 23.1 Å². The second-order valence-electron chi connectivity index (χ2n) is 8.16. The Balaban J connectivity index is 2.06. The molecule has 2 heterocycles. The minimum atomic E-state index is -3.88. The Morgan fingerprint density at radius 3 is 2.56 bits per heavy atom. The molecule has 8 heteroatoms. The average molecular weight is 394 g/mol. The van der Waals surface area contributed by atoms with Crippen LogP contribution in [0, 0.1) is 5.92 Å². The second-order valence-corrected chi connectivity index (χ2v) is 10.1. The van der Waals surface area contributed by atoms with Gasteiger partial charge < -0.3 is 14.4 Å². The van der Waals surface area contributed by atoms with Gasteiger partial charge in [-0.2, -0.15) is 0 Å². The van der Waals surface area contributed by atoms with E-state index in [1.165, 1.54) is 12.1 Å². The summed E-state index contributed by atoms with van der Waals surface area (Å²) in [5.41, 5.74) is 1.25. The molecule has 0 atom stereocenters. The summed E-state index contributed by atoms with van der Waals surface area (Å²) in [4.78, 5) is 15.6. The number of carboxylic acids is 1. The fourth-order valence-electron chi connectivity index (χ4n) is 3.49.